The van der Waals surface area contributed by atoms with Crippen molar-refractivity contribution in [2.45, 2.75) is 6.42 Å². The highest BCUT2D eigenvalue weighted by atomic mass is 16.3. The lowest BCUT2D eigenvalue weighted by molar-refractivity contribution is -0.134. The van der Waals surface area contributed by atoms with Gasteiger partial charge in [-0.3, -0.25) is 9.59 Å². The molecule has 2 heterocycles. The summed E-state index contributed by atoms with van der Waals surface area (Å²) < 4.78 is 5.21. The fourth-order valence-corrected chi connectivity index (χ4v) is 1.82. The molecule has 15 heavy (non-hydrogen) atoms. The van der Waals surface area contributed by atoms with E-state index in [-0.39, 0.29) is 6.42 Å². The van der Waals surface area contributed by atoms with Crippen molar-refractivity contribution in [2.24, 2.45) is 0 Å². The van der Waals surface area contributed by atoms with Crippen LogP contribution >= 0.6 is 0 Å². The van der Waals surface area contributed by atoms with E-state index in [9.17, 15) is 9.59 Å². The van der Waals surface area contributed by atoms with Gasteiger partial charge in [0.1, 0.15) is 5.58 Å². The molecule has 1 N–H and O–H groups in total. The van der Waals surface area contributed by atoms with Gasteiger partial charge in [-0.1, -0.05) is 6.07 Å². The standard InChI is InChI=1S/C11H7NO3/c13-8-5-6-1-2-9-7(3-4-15-9)10(6)12-11(8)14/h1-4H,5H2,(H,12,14). The number of hydrogen-bond donors (Lipinski definition) is 1. The zero-order valence-electron chi connectivity index (χ0n) is 7.74. The minimum atomic E-state index is -0.545. The Balaban J connectivity index is 2.30. The maximum atomic E-state index is 11.2. The highest BCUT2D eigenvalue weighted by Crippen LogP contribution is 2.30. The van der Waals surface area contributed by atoms with Crippen LogP contribution in [0.25, 0.3) is 11.0 Å². The predicted octanol–water partition coefficient (Wildman–Crippen LogP) is 1.50. The van der Waals surface area contributed by atoms with Gasteiger partial charge in [-0.05, 0) is 17.7 Å². The Morgan fingerprint density at radius 1 is 1.20 bits per heavy atom. The molecule has 4 heteroatoms. The van der Waals surface area contributed by atoms with Crippen LogP contribution in [-0.4, -0.2) is 11.7 Å². The molecule has 2 aromatic rings. The van der Waals surface area contributed by atoms with Crippen LogP contribution in [0.5, 0.6) is 0 Å². The number of anilines is 1. The number of benzene rings is 1. The molecule has 0 unspecified atom stereocenters. The van der Waals surface area contributed by atoms with Crippen LogP contribution in [0.3, 0.4) is 0 Å². The monoisotopic (exact) mass is 201 g/mol. The van der Waals surface area contributed by atoms with E-state index in [1.54, 1.807) is 24.5 Å². The number of rotatable bonds is 0. The number of furan rings is 1. The van der Waals surface area contributed by atoms with Gasteiger partial charge in [0.15, 0.2) is 0 Å². The van der Waals surface area contributed by atoms with Crippen molar-refractivity contribution >= 4 is 28.3 Å². The average Bonchev–Trinajstić information content (AvgIpc) is 2.68. The fraction of sp³-hybridized carbons (Fsp3) is 0.0909. The normalized spacial score (nSPS) is 15.2. The fourth-order valence-electron chi connectivity index (χ4n) is 1.82. The smallest absolute Gasteiger partial charge is 0.292 e. The Hall–Kier alpha value is -2.10. The maximum Gasteiger partial charge on any atom is 0.292 e. The maximum absolute atomic E-state index is 11.2. The van der Waals surface area contributed by atoms with E-state index in [1.807, 2.05) is 0 Å². The molecule has 0 saturated carbocycles. The summed E-state index contributed by atoms with van der Waals surface area (Å²) in [5.74, 6) is -0.943. The van der Waals surface area contributed by atoms with Crippen LogP contribution in [0.1, 0.15) is 5.56 Å². The van der Waals surface area contributed by atoms with Gasteiger partial charge in [0.2, 0.25) is 5.78 Å². The van der Waals surface area contributed by atoms with Gasteiger partial charge in [-0.25, -0.2) is 0 Å². The molecule has 1 aromatic carbocycles. The summed E-state index contributed by atoms with van der Waals surface area (Å²) in [6.07, 6.45) is 1.73. The van der Waals surface area contributed by atoms with E-state index in [4.69, 9.17) is 4.42 Å². The second-order valence-electron chi connectivity index (χ2n) is 3.49. The number of carbonyl (C=O) groups excluding carboxylic acids is 2. The third-order valence-corrected chi connectivity index (χ3v) is 2.56. The Labute approximate surface area is 84.9 Å². The molecule has 0 atom stereocenters. The first kappa shape index (κ1) is 8.23. The summed E-state index contributed by atoms with van der Waals surface area (Å²) in [5.41, 5.74) is 2.25. The SMILES string of the molecule is O=C1Cc2ccc3occc3c2NC1=O. The number of ketones is 1. The number of hydrogen-bond acceptors (Lipinski definition) is 3. The molecule has 0 bridgehead atoms. The Morgan fingerprint density at radius 3 is 2.93 bits per heavy atom. The molecule has 1 amide bonds. The zero-order valence-corrected chi connectivity index (χ0v) is 7.74. The minimum absolute atomic E-state index is 0.169. The number of carbonyl (C=O) groups is 2. The highest BCUT2D eigenvalue weighted by molar-refractivity contribution is 6.43. The first-order chi connectivity index (χ1) is 7.25. The summed E-state index contributed by atoms with van der Waals surface area (Å²) in [7, 11) is 0. The highest BCUT2D eigenvalue weighted by Gasteiger charge is 2.24. The minimum Gasteiger partial charge on any atom is -0.464 e. The number of Topliss-reactive ketones (excluding diaryl/α,β-unsaturated/α-hetero) is 1. The van der Waals surface area contributed by atoms with Crippen LogP contribution in [-0.2, 0) is 16.0 Å². The molecule has 4 nitrogen and oxygen atoms in total. The van der Waals surface area contributed by atoms with E-state index in [2.05, 4.69) is 5.32 Å². The van der Waals surface area contributed by atoms with Crippen molar-refractivity contribution in [1.82, 2.24) is 0 Å². The summed E-state index contributed by atoms with van der Waals surface area (Å²) in [4.78, 5) is 22.4. The molecule has 0 fully saturated rings. The van der Waals surface area contributed by atoms with Crippen LogP contribution < -0.4 is 5.32 Å². The van der Waals surface area contributed by atoms with Crippen molar-refractivity contribution < 1.29 is 14.0 Å². The van der Waals surface area contributed by atoms with Crippen molar-refractivity contribution in [3.05, 3.63) is 30.0 Å². The molecule has 1 aliphatic heterocycles. The Bertz CT molecular complexity index is 583. The van der Waals surface area contributed by atoms with Crippen molar-refractivity contribution in [1.29, 1.82) is 0 Å². The van der Waals surface area contributed by atoms with Gasteiger partial charge in [-0.15, -0.1) is 0 Å². The Morgan fingerprint density at radius 2 is 2.07 bits per heavy atom. The summed E-state index contributed by atoms with van der Waals surface area (Å²) >= 11 is 0. The quantitative estimate of drug-likeness (QED) is 0.657. The second-order valence-corrected chi connectivity index (χ2v) is 3.49. The van der Waals surface area contributed by atoms with Gasteiger partial charge < -0.3 is 9.73 Å². The number of fused-ring (bicyclic) bond motifs is 3. The van der Waals surface area contributed by atoms with E-state index in [0.29, 0.717) is 11.3 Å². The third-order valence-electron chi connectivity index (χ3n) is 2.56. The van der Waals surface area contributed by atoms with Crippen LogP contribution in [0.15, 0.2) is 28.9 Å². The molecule has 0 spiro atoms. The van der Waals surface area contributed by atoms with Gasteiger partial charge in [-0.2, -0.15) is 0 Å². The lowest BCUT2D eigenvalue weighted by Crippen LogP contribution is -2.29. The topological polar surface area (TPSA) is 59.3 Å². The second kappa shape index (κ2) is 2.70. The molecule has 0 radical (unpaired) electrons. The predicted molar refractivity (Wildman–Crippen MR) is 53.6 cm³/mol. The van der Waals surface area contributed by atoms with Gasteiger partial charge in [0, 0.05) is 11.8 Å². The summed E-state index contributed by atoms with van der Waals surface area (Å²) in [6.45, 7) is 0. The van der Waals surface area contributed by atoms with E-state index in [0.717, 1.165) is 10.9 Å². The molecular formula is C11H7NO3. The molecule has 3 rings (SSSR count). The van der Waals surface area contributed by atoms with E-state index >= 15 is 0 Å². The van der Waals surface area contributed by atoms with Gasteiger partial charge in [0.25, 0.3) is 5.91 Å². The molecule has 0 saturated heterocycles. The summed E-state index contributed by atoms with van der Waals surface area (Å²) in [5, 5.41) is 3.43. The molecule has 1 aromatic heterocycles. The average molecular weight is 201 g/mol. The molecule has 0 aliphatic carbocycles. The van der Waals surface area contributed by atoms with E-state index < -0.39 is 11.7 Å². The number of amides is 1. The Kier molecular flexibility index (Phi) is 1.48. The van der Waals surface area contributed by atoms with Crippen LogP contribution in [0.4, 0.5) is 5.69 Å². The third kappa shape index (κ3) is 1.08. The lowest BCUT2D eigenvalue weighted by Gasteiger charge is -2.15. The molecule has 74 valence electrons. The largest absolute Gasteiger partial charge is 0.464 e. The summed E-state index contributed by atoms with van der Waals surface area (Å²) in [6, 6.07) is 5.39. The van der Waals surface area contributed by atoms with Gasteiger partial charge in [0.05, 0.1) is 12.0 Å². The first-order valence-electron chi connectivity index (χ1n) is 4.59. The van der Waals surface area contributed by atoms with Gasteiger partial charge >= 0.3 is 0 Å². The van der Waals surface area contributed by atoms with Crippen molar-refractivity contribution in [2.75, 3.05) is 5.32 Å². The lowest BCUT2D eigenvalue weighted by atomic mass is 10.00. The molecular weight excluding hydrogens is 194 g/mol. The van der Waals surface area contributed by atoms with Crippen molar-refractivity contribution in [3.8, 4) is 0 Å². The zero-order chi connectivity index (χ0) is 10.4. The van der Waals surface area contributed by atoms with E-state index in [1.165, 1.54) is 0 Å². The van der Waals surface area contributed by atoms with Crippen LogP contribution in [0.2, 0.25) is 0 Å². The molecule has 1 aliphatic rings. The van der Waals surface area contributed by atoms with Crippen molar-refractivity contribution in [3.63, 3.8) is 0 Å². The van der Waals surface area contributed by atoms with Crippen LogP contribution in [0, 0.1) is 0 Å². The number of nitrogens with one attached hydrogen (secondary N) is 1. The first-order valence-corrected chi connectivity index (χ1v) is 4.59.